The van der Waals surface area contributed by atoms with Crippen LogP contribution in [0.4, 0.5) is 11.5 Å². The lowest BCUT2D eigenvalue weighted by Crippen LogP contribution is -2.24. The van der Waals surface area contributed by atoms with Crippen LogP contribution in [0.1, 0.15) is 24.4 Å². The van der Waals surface area contributed by atoms with Crippen LogP contribution in [0, 0.1) is 0 Å². The summed E-state index contributed by atoms with van der Waals surface area (Å²) in [6, 6.07) is 6.32. The molecule has 2 aromatic heterocycles. The molecule has 2 aromatic rings. The second-order valence-corrected chi connectivity index (χ2v) is 5.62. The van der Waals surface area contributed by atoms with E-state index in [0.29, 0.717) is 11.7 Å². The Morgan fingerprint density at radius 3 is 3.00 bits per heavy atom. The Balaban J connectivity index is 1.95. The van der Waals surface area contributed by atoms with E-state index in [1.165, 1.54) is 5.56 Å². The third-order valence-corrected chi connectivity index (χ3v) is 3.89. The molecule has 2 N–H and O–H groups in total. The highest BCUT2D eigenvalue weighted by Gasteiger charge is 2.28. The molecule has 98 valence electrons. The van der Waals surface area contributed by atoms with Gasteiger partial charge in [0.25, 0.3) is 0 Å². The summed E-state index contributed by atoms with van der Waals surface area (Å²) >= 11 is 3.39. The van der Waals surface area contributed by atoms with Gasteiger partial charge < -0.3 is 10.6 Å². The fraction of sp³-hybridized carbons (Fsp3) is 0.286. The van der Waals surface area contributed by atoms with Crippen molar-refractivity contribution in [2.75, 3.05) is 17.2 Å². The van der Waals surface area contributed by atoms with Crippen LogP contribution in [0.3, 0.4) is 0 Å². The molecule has 0 spiro atoms. The lowest BCUT2D eigenvalue weighted by molar-refractivity contribution is 0.709. The van der Waals surface area contributed by atoms with Crippen LogP contribution >= 0.6 is 15.9 Å². The molecule has 3 rings (SSSR count). The SMILES string of the molecule is Nc1cc(Br)cnc1N1CCCC1c1cccnc1. The van der Waals surface area contributed by atoms with Crippen LogP contribution in [0.5, 0.6) is 0 Å². The Morgan fingerprint density at radius 2 is 2.26 bits per heavy atom. The van der Waals surface area contributed by atoms with Gasteiger partial charge >= 0.3 is 0 Å². The van der Waals surface area contributed by atoms with E-state index in [-0.39, 0.29) is 0 Å². The molecule has 19 heavy (non-hydrogen) atoms. The number of nitrogens with two attached hydrogens (primary N) is 1. The van der Waals surface area contributed by atoms with Crippen molar-refractivity contribution in [3.05, 3.63) is 46.8 Å². The third kappa shape index (κ3) is 2.42. The number of halogens is 1. The number of aromatic nitrogens is 2. The average molecular weight is 319 g/mol. The predicted molar refractivity (Wildman–Crippen MR) is 79.9 cm³/mol. The van der Waals surface area contributed by atoms with Crippen LogP contribution in [0.2, 0.25) is 0 Å². The molecule has 0 aromatic carbocycles. The van der Waals surface area contributed by atoms with Crippen molar-refractivity contribution >= 4 is 27.4 Å². The molecule has 1 unspecified atom stereocenters. The first-order valence-corrected chi connectivity index (χ1v) is 7.12. The number of nitrogens with zero attached hydrogens (tertiary/aromatic N) is 3. The molecule has 0 radical (unpaired) electrons. The van der Waals surface area contributed by atoms with Gasteiger partial charge in [0.05, 0.1) is 11.7 Å². The van der Waals surface area contributed by atoms with E-state index >= 15 is 0 Å². The zero-order chi connectivity index (χ0) is 13.2. The molecular weight excluding hydrogens is 304 g/mol. The highest BCUT2D eigenvalue weighted by atomic mass is 79.9. The number of rotatable bonds is 2. The fourth-order valence-corrected chi connectivity index (χ4v) is 2.98. The standard InChI is InChI=1S/C14H15BrN4/c15-11-7-12(16)14(18-9-11)19-6-2-4-13(19)10-3-1-5-17-8-10/h1,3,5,7-9,13H,2,4,6,16H2. The smallest absolute Gasteiger partial charge is 0.152 e. The van der Waals surface area contributed by atoms with E-state index in [4.69, 9.17) is 5.73 Å². The first-order valence-electron chi connectivity index (χ1n) is 6.33. The van der Waals surface area contributed by atoms with E-state index in [0.717, 1.165) is 29.7 Å². The van der Waals surface area contributed by atoms with E-state index in [1.807, 2.05) is 18.3 Å². The summed E-state index contributed by atoms with van der Waals surface area (Å²) in [6.07, 6.45) is 7.79. The molecule has 3 heterocycles. The molecule has 1 aliphatic heterocycles. The van der Waals surface area contributed by atoms with E-state index in [2.05, 4.69) is 36.9 Å². The Labute approximate surface area is 120 Å². The van der Waals surface area contributed by atoms with E-state index < -0.39 is 0 Å². The molecule has 1 atom stereocenters. The minimum atomic E-state index is 0.324. The highest BCUT2D eigenvalue weighted by Crippen LogP contribution is 2.37. The van der Waals surface area contributed by atoms with Crippen molar-refractivity contribution in [3.63, 3.8) is 0 Å². The Kier molecular flexibility index (Phi) is 3.38. The molecule has 1 fully saturated rings. The summed E-state index contributed by atoms with van der Waals surface area (Å²) in [5.74, 6) is 0.870. The normalized spacial score (nSPS) is 18.8. The van der Waals surface area contributed by atoms with Gasteiger partial charge in [-0.05, 0) is 46.5 Å². The molecule has 0 amide bonds. The van der Waals surface area contributed by atoms with E-state index in [1.54, 1.807) is 12.4 Å². The van der Waals surface area contributed by atoms with Crippen molar-refractivity contribution in [1.29, 1.82) is 0 Å². The molecule has 4 nitrogen and oxygen atoms in total. The average Bonchev–Trinajstić information content (AvgIpc) is 2.89. The monoisotopic (exact) mass is 318 g/mol. The molecule has 5 heteroatoms. The summed E-state index contributed by atoms with van der Waals surface area (Å²) in [4.78, 5) is 11.0. The maximum absolute atomic E-state index is 6.09. The second kappa shape index (κ2) is 5.17. The first-order chi connectivity index (χ1) is 9.25. The van der Waals surface area contributed by atoms with Gasteiger partial charge in [0.2, 0.25) is 0 Å². The molecule has 1 aliphatic rings. The topological polar surface area (TPSA) is 55.0 Å². The fourth-order valence-electron chi connectivity index (χ4n) is 2.63. The summed E-state index contributed by atoms with van der Waals surface area (Å²) in [5.41, 5.74) is 8.03. The Morgan fingerprint density at radius 1 is 1.37 bits per heavy atom. The number of pyridine rings is 2. The Hall–Kier alpha value is -1.62. The summed E-state index contributed by atoms with van der Waals surface area (Å²) in [5, 5.41) is 0. The largest absolute Gasteiger partial charge is 0.396 e. The summed E-state index contributed by atoms with van der Waals surface area (Å²) in [6.45, 7) is 0.985. The maximum Gasteiger partial charge on any atom is 0.152 e. The van der Waals surface area contributed by atoms with Crippen LogP contribution in [0.25, 0.3) is 0 Å². The van der Waals surface area contributed by atoms with Crippen molar-refractivity contribution in [3.8, 4) is 0 Å². The number of hydrogen-bond donors (Lipinski definition) is 1. The number of anilines is 2. The van der Waals surface area contributed by atoms with Gasteiger partial charge in [0, 0.05) is 29.6 Å². The van der Waals surface area contributed by atoms with Crippen LogP contribution in [-0.4, -0.2) is 16.5 Å². The second-order valence-electron chi connectivity index (χ2n) is 4.70. The van der Waals surface area contributed by atoms with E-state index in [9.17, 15) is 0 Å². The molecule has 0 saturated carbocycles. The van der Waals surface area contributed by atoms with Crippen molar-refractivity contribution in [1.82, 2.24) is 9.97 Å². The van der Waals surface area contributed by atoms with Gasteiger partial charge in [-0.15, -0.1) is 0 Å². The molecular formula is C14H15BrN4. The number of hydrogen-bond acceptors (Lipinski definition) is 4. The van der Waals surface area contributed by atoms with Crippen molar-refractivity contribution in [2.45, 2.75) is 18.9 Å². The Bertz CT molecular complexity index is 573. The summed E-state index contributed by atoms with van der Waals surface area (Å²) < 4.78 is 0.908. The van der Waals surface area contributed by atoms with Crippen molar-refractivity contribution < 1.29 is 0 Å². The van der Waals surface area contributed by atoms with Gasteiger partial charge in [-0.2, -0.15) is 0 Å². The third-order valence-electron chi connectivity index (χ3n) is 3.46. The minimum absolute atomic E-state index is 0.324. The van der Waals surface area contributed by atoms with Gasteiger partial charge in [-0.1, -0.05) is 6.07 Å². The lowest BCUT2D eigenvalue weighted by Gasteiger charge is -2.27. The molecule has 1 saturated heterocycles. The predicted octanol–water partition coefficient (Wildman–Crippen LogP) is 3.16. The van der Waals surface area contributed by atoms with Gasteiger partial charge in [-0.25, -0.2) is 4.98 Å². The molecule has 0 aliphatic carbocycles. The van der Waals surface area contributed by atoms with Gasteiger partial charge in [0.15, 0.2) is 5.82 Å². The van der Waals surface area contributed by atoms with Gasteiger partial charge in [-0.3, -0.25) is 4.98 Å². The first kappa shape index (κ1) is 12.4. The zero-order valence-electron chi connectivity index (χ0n) is 10.5. The van der Waals surface area contributed by atoms with Crippen LogP contribution in [-0.2, 0) is 0 Å². The van der Waals surface area contributed by atoms with Crippen molar-refractivity contribution in [2.24, 2.45) is 0 Å². The zero-order valence-corrected chi connectivity index (χ0v) is 12.0. The van der Waals surface area contributed by atoms with Crippen LogP contribution < -0.4 is 10.6 Å². The lowest BCUT2D eigenvalue weighted by atomic mass is 10.1. The minimum Gasteiger partial charge on any atom is -0.396 e. The highest BCUT2D eigenvalue weighted by molar-refractivity contribution is 9.10. The number of nitrogen functional groups attached to an aromatic ring is 1. The van der Waals surface area contributed by atoms with Gasteiger partial charge in [0.1, 0.15) is 0 Å². The van der Waals surface area contributed by atoms with Crippen LogP contribution in [0.15, 0.2) is 41.3 Å². The maximum atomic E-state index is 6.09. The molecule has 0 bridgehead atoms. The summed E-state index contributed by atoms with van der Waals surface area (Å²) in [7, 11) is 0. The quantitative estimate of drug-likeness (QED) is 0.924.